The third-order valence-electron chi connectivity index (χ3n) is 5.37. The molecule has 0 aliphatic carbocycles. The fourth-order valence-electron chi connectivity index (χ4n) is 3.84. The van der Waals surface area contributed by atoms with Gasteiger partial charge in [-0.25, -0.2) is 9.69 Å². The van der Waals surface area contributed by atoms with Gasteiger partial charge in [0.15, 0.2) is 5.11 Å². The van der Waals surface area contributed by atoms with Crippen molar-refractivity contribution in [2.45, 2.75) is 12.5 Å². The van der Waals surface area contributed by atoms with Gasteiger partial charge in [0, 0.05) is 46.7 Å². The van der Waals surface area contributed by atoms with Crippen LogP contribution in [0.3, 0.4) is 0 Å². The highest BCUT2D eigenvalue weighted by Gasteiger charge is 2.34. The molecule has 1 aliphatic heterocycles. The van der Waals surface area contributed by atoms with Crippen molar-refractivity contribution in [3.63, 3.8) is 0 Å². The van der Waals surface area contributed by atoms with E-state index >= 15 is 0 Å². The Hall–Kier alpha value is -3.55. The number of nitrogens with zero attached hydrogens (tertiary/aromatic N) is 5. The van der Waals surface area contributed by atoms with E-state index in [4.69, 9.17) is 39.8 Å². The fraction of sp³-hybridized carbons (Fsp3) is 0.0833. The molecule has 0 saturated carbocycles. The quantitative estimate of drug-likeness (QED) is 0.436. The number of nitrogens with two attached hydrogens (primary N) is 1. The SMILES string of the molecule is NC(=S)N1N=C(c2cccnc2)CC1c1cn(-c2ccccc2)nc1-c1ccc(Cl)cc1. The lowest BCUT2D eigenvalue weighted by molar-refractivity contribution is 0.373. The number of benzene rings is 2. The minimum Gasteiger partial charge on any atom is -0.375 e. The Morgan fingerprint density at radius 2 is 1.78 bits per heavy atom. The number of rotatable bonds is 4. The van der Waals surface area contributed by atoms with E-state index < -0.39 is 0 Å². The summed E-state index contributed by atoms with van der Waals surface area (Å²) in [6.07, 6.45) is 6.19. The number of thiocarbonyl (C=S) groups is 1. The standard InChI is InChI=1S/C24H19ClN6S/c25-18-10-8-16(9-11-18)23-20(15-30(29-23)19-6-2-1-3-7-19)22-13-21(28-31(22)24(26)32)17-5-4-12-27-14-17/h1-12,14-15,22H,13H2,(H2,26,32). The maximum absolute atomic E-state index is 6.13. The van der Waals surface area contributed by atoms with Gasteiger partial charge in [-0.1, -0.05) is 48.0 Å². The van der Waals surface area contributed by atoms with Gasteiger partial charge in [0.2, 0.25) is 0 Å². The first kappa shape index (κ1) is 20.4. The number of aromatic nitrogens is 3. The average Bonchev–Trinajstić information content (AvgIpc) is 3.46. The zero-order valence-corrected chi connectivity index (χ0v) is 18.5. The van der Waals surface area contributed by atoms with Gasteiger partial charge in [0.05, 0.1) is 23.1 Å². The van der Waals surface area contributed by atoms with Gasteiger partial charge in [0.25, 0.3) is 0 Å². The van der Waals surface area contributed by atoms with Crippen LogP contribution in [0.1, 0.15) is 23.6 Å². The molecule has 2 aromatic heterocycles. The lowest BCUT2D eigenvalue weighted by atomic mass is 9.97. The highest BCUT2D eigenvalue weighted by molar-refractivity contribution is 7.80. The summed E-state index contributed by atoms with van der Waals surface area (Å²) in [7, 11) is 0. The molecule has 6 nitrogen and oxygen atoms in total. The van der Waals surface area contributed by atoms with E-state index in [0.29, 0.717) is 11.4 Å². The molecule has 2 aromatic carbocycles. The monoisotopic (exact) mass is 458 g/mol. The number of pyridine rings is 1. The molecule has 0 saturated heterocycles. The van der Waals surface area contributed by atoms with Crippen molar-refractivity contribution >= 4 is 34.6 Å². The Labute approximate surface area is 196 Å². The fourth-order valence-corrected chi connectivity index (χ4v) is 4.13. The molecule has 1 atom stereocenters. The maximum atomic E-state index is 6.13. The smallest absolute Gasteiger partial charge is 0.187 e. The summed E-state index contributed by atoms with van der Waals surface area (Å²) in [5.74, 6) is 0. The van der Waals surface area contributed by atoms with Crippen molar-refractivity contribution in [1.82, 2.24) is 19.8 Å². The normalized spacial score (nSPS) is 15.6. The number of para-hydroxylation sites is 1. The molecule has 1 unspecified atom stereocenters. The maximum Gasteiger partial charge on any atom is 0.187 e. The molecule has 3 heterocycles. The lowest BCUT2D eigenvalue weighted by Gasteiger charge is -2.21. The van der Waals surface area contributed by atoms with Crippen LogP contribution in [0.4, 0.5) is 0 Å². The molecule has 0 bridgehead atoms. The van der Waals surface area contributed by atoms with Crippen molar-refractivity contribution in [3.05, 3.63) is 101 Å². The summed E-state index contributed by atoms with van der Waals surface area (Å²) >= 11 is 11.5. The molecule has 32 heavy (non-hydrogen) atoms. The summed E-state index contributed by atoms with van der Waals surface area (Å²) in [6.45, 7) is 0. The third-order valence-corrected chi connectivity index (χ3v) is 5.81. The van der Waals surface area contributed by atoms with Crippen LogP contribution < -0.4 is 5.73 Å². The van der Waals surface area contributed by atoms with Gasteiger partial charge in [0.1, 0.15) is 0 Å². The van der Waals surface area contributed by atoms with E-state index in [1.54, 1.807) is 17.4 Å². The first-order valence-corrected chi connectivity index (χ1v) is 10.9. The van der Waals surface area contributed by atoms with E-state index in [0.717, 1.165) is 33.8 Å². The number of halogens is 1. The van der Waals surface area contributed by atoms with Crippen LogP contribution in [0.5, 0.6) is 0 Å². The predicted octanol–water partition coefficient (Wildman–Crippen LogP) is 4.98. The lowest BCUT2D eigenvalue weighted by Crippen LogP contribution is -2.31. The van der Waals surface area contributed by atoms with Gasteiger partial charge in [-0.3, -0.25) is 4.98 Å². The number of hydrogen-bond donors (Lipinski definition) is 1. The molecule has 0 radical (unpaired) electrons. The molecule has 8 heteroatoms. The zero-order valence-electron chi connectivity index (χ0n) is 17.0. The molecule has 1 aliphatic rings. The first-order valence-electron chi connectivity index (χ1n) is 10.1. The molecule has 0 amide bonds. The Kier molecular flexibility index (Phi) is 5.43. The van der Waals surface area contributed by atoms with Crippen LogP contribution in [0, 0.1) is 0 Å². The van der Waals surface area contributed by atoms with Crippen molar-refractivity contribution in [3.8, 4) is 16.9 Å². The van der Waals surface area contributed by atoms with Gasteiger partial charge in [-0.15, -0.1) is 0 Å². The van der Waals surface area contributed by atoms with E-state index in [-0.39, 0.29) is 11.2 Å². The summed E-state index contributed by atoms with van der Waals surface area (Å²) in [6, 6.07) is 21.3. The molecular weight excluding hydrogens is 440 g/mol. The zero-order chi connectivity index (χ0) is 22.1. The summed E-state index contributed by atoms with van der Waals surface area (Å²) in [4.78, 5) is 4.22. The molecule has 0 fully saturated rings. The predicted molar refractivity (Wildman–Crippen MR) is 131 cm³/mol. The van der Waals surface area contributed by atoms with Gasteiger partial charge in [-0.2, -0.15) is 10.2 Å². The average molecular weight is 459 g/mol. The molecular formula is C24H19ClN6S. The summed E-state index contributed by atoms with van der Waals surface area (Å²) < 4.78 is 1.87. The van der Waals surface area contributed by atoms with Gasteiger partial charge >= 0.3 is 0 Å². The summed E-state index contributed by atoms with van der Waals surface area (Å²) in [5.41, 5.74) is 11.6. The van der Waals surface area contributed by atoms with Crippen LogP contribution in [0.25, 0.3) is 16.9 Å². The first-order chi connectivity index (χ1) is 15.6. The molecule has 0 spiro atoms. The molecule has 158 valence electrons. The van der Waals surface area contributed by atoms with Gasteiger partial charge in [-0.05, 0) is 42.5 Å². The minimum atomic E-state index is -0.189. The summed E-state index contributed by atoms with van der Waals surface area (Å²) in [5, 5.41) is 12.2. The van der Waals surface area contributed by atoms with E-state index in [1.165, 1.54) is 0 Å². The number of hydrogen-bond acceptors (Lipinski definition) is 4. The molecule has 5 rings (SSSR count). The van der Waals surface area contributed by atoms with Crippen molar-refractivity contribution in [2.24, 2.45) is 10.8 Å². The second-order valence-corrected chi connectivity index (χ2v) is 8.27. The number of hydrazone groups is 1. The highest BCUT2D eigenvalue weighted by atomic mass is 35.5. The van der Waals surface area contributed by atoms with Crippen molar-refractivity contribution in [1.29, 1.82) is 0 Å². The van der Waals surface area contributed by atoms with Crippen LogP contribution in [0.2, 0.25) is 5.02 Å². The third kappa shape index (κ3) is 3.88. The Morgan fingerprint density at radius 1 is 1.00 bits per heavy atom. The Morgan fingerprint density at radius 3 is 2.47 bits per heavy atom. The molecule has 2 N–H and O–H groups in total. The minimum absolute atomic E-state index is 0.189. The van der Waals surface area contributed by atoms with Crippen LogP contribution >= 0.6 is 23.8 Å². The molecule has 4 aromatic rings. The second kappa shape index (κ2) is 8.53. The van der Waals surface area contributed by atoms with Gasteiger partial charge < -0.3 is 5.73 Å². The van der Waals surface area contributed by atoms with E-state index in [1.807, 2.05) is 77.6 Å². The van der Waals surface area contributed by atoms with Crippen LogP contribution in [-0.4, -0.2) is 30.6 Å². The second-order valence-electron chi connectivity index (χ2n) is 7.41. The Balaban J connectivity index is 1.62. The van der Waals surface area contributed by atoms with Crippen LogP contribution in [-0.2, 0) is 0 Å². The van der Waals surface area contributed by atoms with E-state index in [9.17, 15) is 0 Å². The van der Waals surface area contributed by atoms with Crippen LogP contribution in [0.15, 0.2) is 90.4 Å². The van der Waals surface area contributed by atoms with Crippen molar-refractivity contribution < 1.29 is 0 Å². The van der Waals surface area contributed by atoms with E-state index in [2.05, 4.69) is 4.98 Å². The topological polar surface area (TPSA) is 72.3 Å². The highest BCUT2D eigenvalue weighted by Crippen LogP contribution is 2.38. The van der Waals surface area contributed by atoms with Crippen molar-refractivity contribution in [2.75, 3.05) is 0 Å². The Bertz CT molecular complexity index is 1290. The largest absolute Gasteiger partial charge is 0.375 e.